The third-order valence-corrected chi connectivity index (χ3v) is 4.95. The molecule has 0 bridgehead atoms. The number of aromatic nitrogens is 2. The Bertz CT molecular complexity index is 932. The molecule has 0 saturated heterocycles. The van der Waals surface area contributed by atoms with Gasteiger partial charge in [-0.15, -0.1) is 0 Å². The standard InChI is InChI=1S/C21H20FN3O/c1-24(21(26)20-11-6-16-4-2-3-5-19(16)20)13-15-12-23-25(14-15)18-9-7-17(22)8-10-18/h2-5,7-10,12,14,20H,6,11,13H2,1H3/t20-/m0/s1. The van der Waals surface area contributed by atoms with Gasteiger partial charge in [-0.1, -0.05) is 24.3 Å². The van der Waals surface area contributed by atoms with Crippen LogP contribution in [0.2, 0.25) is 0 Å². The molecule has 1 atom stereocenters. The second kappa shape index (κ2) is 6.75. The van der Waals surface area contributed by atoms with E-state index in [1.807, 2.05) is 25.4 Å². The predicted molar refractivity (Wildman–Crippen MR) is 97.5 cm³/mol. The summed E-state index contributed by atoms with van der Waals surface area (Å²) in [4.78, 5) is 14.6. The van der Waals surface area contributed by atoms with Gasteiger partial charge >= 0.3 is 0 Å². The summed E-state index contributed by atoms with van der Waals surface area (Å²) in [5.41, 5.74) is 4.17. The van der Waals surface area contributed by atoms with Crippen LogP contribution in [0.1, 0.15) is 29.0 Å². The number of halogens is 1. The van der Waals surface area contributed by atoms with Crippen molar-refractivity contribution in [3.8, 4) is 5.69 Å². The minimum Gasteiger partial charge on any atom is -0.341 e. The summed E-state index contributed by atoms with van der Waals surface area (Å²) in [7, 11) is 1.83. The van der Waals surface area contributed by atoms with Gasteiger partial charge in [0.25, 0.3) is 0 Å². The number of carbonyl (C=O) groups excluding carboxylic acids is 1. The Balaban J connectivity index is 1.46. The van der Waals surface area contributed by atoms with Crippen LogP contribution in [0.15, 0.2) is 60.9 Å². The highest BCUT2D eigenvalue weighted by atomic mass is 19.1. The molecule has 4 rings (SSSR count). The highest BCUT2D eigenvalue weighted by molar-refractivity contribution is 5.84. The van der Waals surface area contributed by atoms with Gasteiger partial charge in [-0.05, 0) is 48.2 Å². The number of carbonyl (C=O) groups is 1. The van der Waals surface area contributed by atoms with Crippen LogP contribution in [0.5, 0.6) is 0 Å². The zero-order chi connectivity index (χ0) is 18.1. The smallest absolute Gasteiger partial charge is 0.230 e. The Morgan fingerprint density at radius 2 is 2.00 bits per heavy atom. The molecule has 0 fully saturated rings. The molecule has 4 nitrogen and oxygen atoms in total. The van der Waals surface area contributed by atoms with Gasteiger partial charge in [-0.25, -0.2) is 9.07 Å². The number of nitrogens with zero attached hydrogens (tertiary/aromatic N) is 3. The third kappa shape index (κ3) is 3.12. The van der Waals surface area contributed by atoms with E-state index in [-0.39, 0.29) is 17.6 Å². The molecule has 0 aliphatic heterocycles. The first-order valence-electron chi connectivity index (χ1n) is 8.74. The van der Waals surface area contributed by atoms with E-state index in [1.54, 1.807) is 27.9 Å². The molecular weight excluding hydrogens is 329 g/mol. The van der Waals surface area contributed by atoms with Crippen LogP contribution in [-0.4, -0.2) is 27.6 Å². The van der Waals surface area contributed by atoms with Crippen LogP contribution >= 0.6 is 0 Å². The molecule has 1 aromatic heterocycles. The second-order valence-corrected chi connectivity index (χ2v) is 6.75. The highest BCUT2D eigenvalue weighted by Crippen LogP contribution is 2.34. The van der Waals surface area contributed by atoms with Crippen LogP contribution in [-0.2, 0) is 17.8 Å². The molecule has 0 spiro atoms. The van der Waals surface area contributed by atoms with Gasteiger partial charge in [0.05, 0.1) is 17.8 Å². The van der Waals surface area contributed by atoms with E-state index >= 15 is 0 Å². The Hall–Kier alpha value is -2.95. The molecule has 1 amide bonds. The number of hydrogen-bond donors (Lipinski definition) is 0. The van der Waals surface area contributed by atoms with Crippen molar-refractivity contribution in [2.45, 2.75) is 25.3 Å². The fourth-order valence-corrected chi connectivity index (χ4v) is 3.61. The van der Waals surface area contributed by atoms with Gasteiger partial charge < -0.3 is 4.90 Å². The lowest BCUT2D eigenvalue weighted by atomic mass is 10.00. The fraction of sp³-hybridized carbons (Fsp3) is 0.238. The number of likely N-dealkylation sites (N-methyl/N-ethyl adjacent to an activating group) is 1. The molecule has 132 valence electrons. The fourth-order valence-electron chi connectivity index (χ4n) is 3.61. The minimum atomic E-state index is -0.275. The molecule has 5 heteroatoms. The third-order valence-electron chi connectivity index (χ3n) is 4.95. The van der Waals surface area contributed by atoms with Gasteiger partial charge in [0.1, 0.15) is 5.82 Å². The quantitative estimate of drug-likeness (QED) is 0.720. The van der Waals surface area contributed by atoms with Crippen molar-refractivity contribution >= 4 is 5.91 Å². The molecule has 2 aromatic carbocycles. The van der Waals surface area contributed by atoms with E-state index < -0.39 is 0 Å². The van der Waals surface area contributed by atoms with Crippen molar-refractivity contribution in [3.05, 3.63) is 83.4 Å². The number of hydrogen-bond acceptors (Lipinski definition) is 2. The van der Waals surface area contributed by atoms with E-state index in [4.69, 9.17) is 0 Å². The van der Waals surface area contributed by atoms with E-state index in [1.165, 1.54) is 17.7 Å². The molecule has 26 heavy (non-hydrogen) atoms. The molecule has 0 radical (unpaired) electrons. The van der Waals surface area contributed by atoms with Crippen molar-refractivity contribution in [2.75, 3.05) is 7.05 Å². The maximum Gasteiger partial charge on any atom is 0.230 e. The van der Waals surface area contributed by atoms with Crippen LogP contribution in [0, 0.1) is 5.82 Å². The van der Waals surface area contributed by atoms with E-state index in [2.05, 4.69) is 17.2 Å². The summed E-state index contributed by atoms with van der Waals surface area (Å²) < 4.78 is 14.7. The first-order valence-corrected chi connectivity index (χ1v) is 8.74. The van der Waals surface area contributed by atoms with Crippen molar-refractivity contribution in [1.82, 2.24) is 14.7 Å². The molecule has 0 unspecified atom stereocenters. The van der Waals surface area contributed by atoms with Crippen molar-refractivity contribution in [3.63, 3.8) is 0 Å². The summed E-state index contributed by atoms with van der Waals surface area (Å²) in [5, 5.41) is 4.32. The van der Waals surface area contributed by atoms with Crippen molar-refractivity contribution in [2.24, 2.45) is 0 Å². The summed E-state index contributed by atoms with van der Waals surface area (Å²) >= 11 is 0. The first kappa shape index (κ1) is 16.5. The van der Waals surface area contributed by atoms with Gasteiger partial charge in [0.15, 0.2) is 0 Å². The zero-order valence-corrected chi connectivity index (χ0v) is 14.6. The maximum absolute atomic E-state index is 13.0. The van der Waals surface area contributed by atoms with Crippen LogP contribution in [0.4, 0.5) is 4.39 Å². The topological polar surface area (TPSA) is 38.1 Å². The molecule has 1 aliphatic rings. The van der Waals surface area contributed by atoms with Gasteiger partial charge in [-0.3, -0.25) is 4.79 Å². The Morgan fingerprint density at radius 1 is 1.23 bits per heavy atom. The van der Waals surface area contributed by atoms with Crippen molar-refractivity contribution < 1.29 is 9.18 Å². The van der Waals surface area contributed by atoms with Crippen LogP contribution in [0.25, 0.3) is 5.69 Å². The van der Waals surface area contributed by atoms with Crippen LogP contribution in [0.3, 0.4) is 0 Å². The SMILES string of the molecule is CN(Cc1cnn(-c2ccc(F)cc2)c1)C(=O)[C@H]1CCc2ccccc21. The Kier molecular flexibility index (Phi) is 4.29. The molecule has 3 aromatic rings. The lowest BCUT2D eigenvalue weighted by Gasteiger charge is -2.21. The Labute approximate surface area is 151 Å². The van der Waals surface area contributed by atoms with E-state index in [0.29, 0.717) is 6.54 Å². The van der Waals surface area contributed by atoms with Gasteiger partial charge in [-0.2, -0.15) is 5.10 Å². The highest BCUT2D eigenvalue weighted by Gasteiger charge is 2.30. The first-order chi connectivity index (χ1) is 12.6. The average Bonchev–Trinajstić information content (AvgIpc) is 3.29. The van der Waals surface area contributed by atoms with Crippen LogP contribution < -0.4 is 0 Å². The number of amides is 1. The summed E-state index contributed by atoms with van der Waals surface area (Å²) in [6, 6.07) is 14.4. The van der Waals surface area contributed by atoms with Crippen molar-refractivity contribution in [1.29, 1.82) is 0 Å². The Morgan fingerprint density at radius 3 is 2.81 bits per heavy atom. The second-order valence-electron chi connectivity index (χ2n) is 6.75. The number of fused-ring (bicyclic) bond motifs is 1. The summed E-state index contributed by atoms with van der Waals surface area (Å²) in [6.07, 6.45) is 5.45. The number of rotatable bonds is 4. The lowest BCUT2D eigenvalue weighted by molar-refractivity contribution is -0.132. The largest absolute Gasteiger partial charge is 0.341 e. The lowest BCUT2D eigenvalue weighted by Crippen LogP contribution is -2.30. The summed E-state index contributed by atoms with van der Waals surface area (Å²) in [5.74, 6) is -0.184. The number of benzene rings is 2. The molecule has 1 heterocycles. The van der Waals surface area contributed by atoms with E-state index in [9.17, 15) is 9.18 Å². The summed E-state index contributed by atoms with van der Waals surface area (Å²) in [6.45, 7) is 0.499. The molecular formula is C21H20FN3O. The minimum absolute atomic E-state index is 0.0525. The molecule has 1 aliphatic carbocycles. The molecule has 0 saturated carbocycles. The molecule has 0 N–H and O–H groups in total. The number of aryl methyl sites for hydroxylation is 1. The van der Waals surface area contributed by atoms with Gasteiger partial charge in [0, 0.05) is 25.4 Å². The van der Waals surface area contributed by atoms with Gasteiger partial charge in [0.2, 0.25) is 5.91 Å². The van der Waals surface area contributed by atoms with E-state index in [0.717, 1.165) is 29.7 Å². The maximum atomic E-state index is 13.0. The normalized spacial score (nSPS) is 15.7. The average molecular weight is 349 g/mol. The predicted octanol–water partition coefficient (Wildman–Crippen LogP) is 3.70. The zero-order valence-electron chi connectivity index (χ0n) is 14.6. The monoisotopic (exact) mass is 349 g/mol.